The van der Waals surface area contributed by atoms with E-state index >= 15 is 0 Å². The maximum atomic E-state index is 12.3. The fraction of sp³-hybridized carbons (Fsp3) is 0.588. The minimum Gasteiger partial charge on any atom is -0.355 e. The van der Waals surface area contributed by atoms with Crippen molar-refractivity contribution in [3.05, 3.63) is 28.2 Å². The van der Waals surface area contributed by atoms with Crippen molar-refractivity contribution in [1.29, 1.82) is 0 Å². The Labute approximate surface area is 150 Å². The Morgan fingerprint density at radius 3 is 2.92 bits per heavy atom. The van der Waals surface area contributed by atoms with Crippen LogP contribution in [-0.4, -0.2) is 32.5 Å². The number of amides is 1. The molecule has 2 saturated carbocycles. The van der Waals surface area contributed by atoms with Crippen LogP contribution >= 0.6 is 23.1 Å². The van der Waals surface area contributed by atoms with Crippen LogP contribution in [0.1, 0.15) is 55.3 Å². The summed E-state index contributed by atoms with van der Waals surface area (Å²) >= 11 is 3.27. The third kappa shape index (κ3) is 3.67. The van der Waals surface area contributed by atoms with E-state index in [1.807, 2.05) is 13.0 Å². The fourth-order valence-electron chi connectivity index (χ4n) is 2.78. The summed E-state index contributed by atoms with van der Waals surface area (Å²) in [6, 6.07) is 4.71. The molecule has 0 unspecified atom stereocenters. The van der Waals surface area contributed by atoms with Crippen molar-refractivity contribution in [2.45, 2.75) is 61.4 Å². The van der Waals surface area contributed by atoms with Gasteiger partial charge in [-0.3, -0.25) is 4.79 Å². The Balaban J connectivity index is 1.33. The van der Waals surface area contributed by atoms with E-state index in [0.29, 0.717) is 18.5 Å². The van der Waals surface area contributed by atoms with Crippen LogP contribution in [0.3, 0.4) is 0 Å². The van der Waals surface area contributed by atoms with Gasteiger partial charge in [0.1, 0.15) is 5.82 Å². The largest absolute Gasteiger partial charge is 0.355 e. The van der Waals surface area contributed by atoms with Crippen LogP contribution < -0.4 is 5.32 Å². The second-order valence-corrected chi connectivity index (χ2v) is 8.94. The molecule has 2 heterocycles. The van der Waals surface area contributed by atoms with Crippen molar-refractivity contribution in [1.82, 2.24) is 20.1 Å². The fourth-order valence-corrected chi connectivity index (χ4v) is 4.44. The molecule has 1 atom stereocenters. The first-order chi connectivity index (χ1) is 11.7. The number of thioether (sulfide) groups is 1. The quantitative estimate of drug-likeness (QED) is 0.731. The van der Waals surface area contributed by atoms with Gasteiger partial charge in [0.15, 0.2) is 5.16 Å². The van der Waals surface area contributed by atoms with Crippen LogP contribution in [0.2, 0.25) is 0 Å². The van der Waals surface area contributed by atoms with Crippen molar-refractivity contribution in [2.75, 3.05) is 6.54 Å². The van der Waals surface area contributed by atoms with Crippen molar-refractivity contribution in [3.63, 3.8) is 0 Å². The van der Waals surface area contributed by atoms with Crippen LogP contribution in [0.5, 0.6) is 0 Å². The Kier molecular flexibility index (Phi) is 4.63. The molecule has 2 aliphatic carbocycles. The van der Waals surface area contributed by atoms with Gasteiger partial charge in [-0.05, 0) is 50.5 Å². The van der Waals surface area contributed by atoms with E-state index in [2.05, 4.69) is 31.5 Å². The molecule has 24 heavy (non-hydrogen) atoms. The molecule has 5 nitrogen and oxygen atoms in total. The van der Waals surface area contributed by atoms with Crippen LogP contribution in [0, 0.1) is 0 Å². The highest BCUT2D eigenvalue weighted by atomic mass is 32.2. The van der Waals surface area contributed by atoms with Gasteiger partial charge in [0.05, 0.1) is 5.25 Å². The molecule has 0 bridgehead atoms. The van der Waals surface area contributed by atoms with Gasteiger partial charge < -0.3 is 9.88 Å². The zero-order valence-electron chi connectivity index (χ0n) is 13.8. The predicted octanol–water partition coefficient (Wildman–Crippen LogP) is 3.39. The zero-order chi connectivity index (χ0) is 16.5. The monoisotopic (exact) mass is 362 g/mol. The number of hydrogen-bond donors (Lipinski definition) is 1. The van der Waals surface area contributed by atoms with E-state index in [0.717, 1.165) is 17.4 Å². The summed E-state index contributed by atoms with van der Waals surface area (Å²) in [7, 11) is 0. The van der Waals surface area contributed by atoms with Gasteiger partial charge in [-0.1, -0.05) is 17.8 Å². The van der Waals surface area contributed by atoms with Crippen molar-refractivity contribution in [3.8, 4) is 0 Å². The molecule has 1 amide bonds. The van der Waals surface area contributed by atoms with Gasteiger partial charge in [-0.15, -0.1) is 21.5 Å². The molecule has 0 radical (unpaired) electrons. The lowest BCUT2D eigenvalue weighted by Crippen LogP contribution is -2.32. The maximum absolute atomic E-state index is 12.3. The average molecular weight is 363 g/mol. The summed E-state index contributed by atoms with van der Waals surface area (Å²) in [5, 5.41) is 14.7. The Morgan fingerprint density at radius 2 is 2.25 bits per heavy atom. The molecule has 0 saturated heterocycles. The predicted molar refractivity (Wildman–Crippen MR) is 96.6 cm³/mol. The summed E-state index contributed by atoms with van der Waals surface area (Å²) in [4.78, 5) is 13.6. The van der Waals surface area contributed by atoms with E-state index < -0.39 is 0 Å². The third-order valence-electron chi connectivity index (χ3n) is 4.45. The number of aromatic nitrogens is 3. The van der Waals surface area contributed by atoms with Crippen LogP contribution in [0.4, 0.5) is 0 Å². The smallest absolute Gasteiger partial charge is 0.233 e. The Hall–Kier alpha value is -1.34. The van der Waals surface area contributed by atoms with Gasteiger partial charge in [0.25, 0.3) is 0 Å². The summed E-state index contributed by atoms with van der Waals surface area (Å²) in [6.45, 7) is 2.64. The molecule has 0 aromatic carbocycles. The number of carbonyl (C=O) groups is 1. The summed E-state index contributed by atoms with van der Waals surface area (Å²) in [6.07, 6.45) is 5.78. The second kappa shape index (κ2) is 6.88. The van der Waals surface area contributed by atoms with Crippen LogP contribution in [0.25, 0.3) is 0 Å². The lowest BCUT2D eigenvalue weighted by Gasteiger charge is -2.13. The first-order valence-corrected chi connectivity index (χ1v) is 10.4. The minimum absolute atomic E-state index is 0.0786. The number of nitrogens with zero attached hydrogens (tertiary/aromatic N) is 3. The van der Waals surface area contributed by atoms with E-state index in [4.69, 9.17) is 0 Å². The number of carbonyl (C=O) groups excluding carboxylic acids is 1. The normalized spacial score (nSPS) is 18.5. The van der Waals surface area contributed by atoms with Gasteiger partial charge in [-0.25, -0.2) is 0 Å². The van der Waals surface area contributed by atoms with E-state index in [-0.39, 0.29) is 11.2 Å². The van der Waals surface area contributed by atoms with Crippen LogP contribution in [0.15, 0.2) is 22.7 Å². The second-order valence-electron chi connectivity index (χ2n) is 6.60. The first kappa shape index (κ1) is 16.1. The number of hydrogen-bond acceptors (Lipinski definition) is 5. The highest BCUT2D eigenvalue weighted by Gasteiger charge is 2.37. The van der Waals surface area contributed by atoms with Crippen molar-refractivity contribution >= 4 is 29.0 Å². The summed E-state index contributed by atoms with van der Waals surface area (Å²) < 4.78 is 2.30. The number of nitrogens with one attached hydrogen (secondary N) is 1. The number of thiophene rings is 1. The van der Waals surface area contributed by atoms with E-state index in [1.54, 1.807) is 23.1 Å². The molecule has 7 heteroatoms. The molecule has 0 aliphatic heterocycles. The average Bonchev–Trinajstić information content (AvgIpc) is 3.50. The highest BCUT2D eigenvalue weighted by Crippen LogP contribution is 2.46. The Bertz CT molecular complexity index is 704. The molecule has 2 aromatic rings. The molecule has 2 aromatic heterocycles. The van der Waals surface area contributed by atoms with Crippen molar-refractivity contribution in [2.24, 2.45) is 0 Å². The summed E-state index contributed by atoms with van der Waals surface area (Å²) in [5.74, 6) is 1.82. The SMILES string of the molecule is C[C@H](Sc1nnc(C2CC2)n1C1CC1)C(=O)NCCc1cccs1. The first-order valence-electron chi connectivity index (χ1n) is 8.64. The molecule has 2 aliphatic rings. The van der Waals surface area contributed by atoms with Gasteiger partial charge in [0, 0.05) is 23.4 Å². The summed E-state index contributed by atoms with van der Waals surface area (Å²) in [5.41, 5.74) is 0. The number of rotatable bonds is 8. The molecule has 4 rings (SSSR count). The molecule has 128 valence electrons. The maximum Gasteiger partial charge on any atom is 0.233 e. The van der Waals surface area contributed by atoms with Gasteiger partial charge in [0.2, 0.25) is 5.91 Å². The molecule has 1 N–H and O–H groups in total. The topological polar surface area (TPSA) is 59.8 Å². The van der Waals surface area contributed by atoms with Gasteiger partial charge in [-0.2, -0.15) is 0 Å². The highest BCUT2D eigenvalue weighted by molar-refractivity contribution is 8.00. The Morgan fingerprint density at radius 1 is 1.42 bits per heavy atom. The van der Waals surface area contributed by atoms with Gasteiger partial charge >= 0.3 is 0 Å². The molecule has 0 spiro atoms. The standard InChI is InChI=1S/C17H22N4OS2/c1-11(16(22)18-9-8-14-3-2-10-23-14)24-17-20-19-15(12-4-5-12)21(17)13-6-7-13/h2-3,10-13H,4-9H2,1H3,(H,18,22)/t11-/m0/s1. The van der Waals surface area contributed by atoms with E-state index in [1.165, 1.54) is 30.6 Å². The lowest BCUT2D eigenvalue weighted by molar-refractivity contribution is -0.120. The minimum atomic E-state index is -0.151. The van der Waals surface area contributed by atoms with Crippen molar-refractivity contribution < 1.29 is 4.79 Å². The molecular weight excluding hydrogens is 340 g/mol. The zero-order valence-corrected chi connectivity index (χ0v) is 15.4. The molecular formula is C17H22N4OS2. The molecule has 2 fully saturated rings. The van der Waals surface area contributed by atoms with E-state index in [9.17, 15) is 4.79 Å². The third-order valence-corrected chi connectivity index (χ3v) is 6.44. The van der Waals surface area contributed by atoms with Crippen LogP contribution in [-0.2, 0) is 11.2 Å². The lowest BCUT2D eigenvalue weighted by atomic mass is 10.3.